The van der Waals surface area contributed by atoms with Crippen LogP contribution in [0.3, 0.4) is 0 Å². The first kappa shape index (κ1) is 14.5. The third-order valence-corrected chi connectivity index (χ3v) is 3.23. The van der Waals surface area contributed by atoms with Crippen LogP contribution in [0.4, 0.5) is 5.95 Å². The van der Waals surface area contributed by atoms with Gasteiger partial charge in [-0.25, -0.2) is 9.97 Å². The van der Waals surface area contributed by atoms with Crippen LogP contribution in [0.5, 0.6) is 0 Å². The summed E-state index contributed by atoms with van der Waals surface area (Å²) in [6.45, 7) is 7.22. The molecular formula is C17H23N3. The molecule has 0 radical (unpaired) electrons. The predicted molar refractivity (Wildman–Crippen MR) is 84.1 cm³/mol. The van der Waals surface area contributed by atoms with E-state index in [1.165, 1.54) is 5.56 Å². The van der Waals surface area contributed by atoms with Gasteiger partial charge in [-0.05, 0) is 37.3 Å². The number of rotatable bonds is 6. The van der Waals surface area contributed by atoms with Gasteiger partial charge in [0.05, 0.1) is 0 Å². The van der Waals surface area contributed by atoms with E-state index >= 15 is 0 Å². The van der Waals surface area contributed by atoms with Crippen molar-refractivity contribution in [2.75, 3.05) is 11.9 Å². The third kappa shape index (κ3) is 4.34. The summed E-state index contributed by atoms with van der Waals surface area (Å²) in [6, 6.07) is 12.6. The number of anilines is 1. The highest BCUT2D eigenvalue weighted by Crippen LogP contribution is 2.14. The van der Waals surface area contributed by atoms with Crippen LogP contribution in [-0.4, -0.2) is 16.5 Å². The van der Waals surface area contributed by atoms with Crippen molar-refractivity contribution in [1.82, 2.24) is 9.97 Å². The minimum absolute atomic E-state index is 0.432. The normalized spacial score (nSPS) is 10.8. The van der Waals surface area contributed by atoms with Crippen LogP contribution in [0, 0.1) is 6.92 Å². The zero-order chi connectivity index (χ0) is 14.4. The van der Waals surface area contributed by atoms with Gasteiger partial charge in [0, 0.05) is 17.9 Å². The molecule has 1 aromatic carbocycles. The van der Waals surface area contributed by atoms with Crippen molar-refractivity contribution in [1.29, 1.82) is 0 Å². The molecule has 2 rings (SSSR count). The molecule has 106 valence electrons. The molecule has 0 unspecified atom stereocenters. The molecule has 0 aliphatic rings. The average Bonchev–Trinajstić information content (AvgIpc) is 2.44. The van der Waals surface area contributed by atoms with E-state index in [2.05, 4.69) is 65.5 Å². The summed E-state index contributed by atoms with van der Waals surface area (Å²) >= 11 is 0. The lowest BCUT2D eigenvalue weighted by Gasteiger charge is -2.10. The Hall–Kier alpha value is -1.90. The molecule has 0 saturated carbocycles. The maximum atomic E-state index is 4.56. The first-order valence-corrected chi connectivity index (χ1v) is 7.28. The molecule has 0 bridgehead atoms. The van der Waals surface area contributed by atoms with Gasteiger partial charge in [0.1, 0.15) is 0 Å². The lowest BCUT2D eigenvalue weighted by Crippen LogP contribution is -2.09. The summed E-state index contributed by atoms with van der Waals surface area (Å²) in [5, 5.41) is 3.33. The average molecular weight is 269 g/mol. The molecule has 3 nitrogen and oxygen atoms in total. The number of hydrogen-bond donors (Lipinski definition) is 1. The van der Waals surface area contributed by atoms with E-state index < -0.39 is 0 Å². The summed E-state index contributed by atoms with van der Waals surface area (Å²) in [5.74, 6) is 1.18. The smallest absolute Gasteiger partial charge is 0.223 e. The van der Waals surface area contributed by atoms with Gasteiger partial charge < -0.3 is 5.32 Å². The Morgan fingerprint density at radius 3 is 2.55 bits per heavy atom. The third-order valence-electron chi connectivity index (χ3n) is 3.23. The van der Waals surface area contributed by atoms with Crippen LogP contribution in [0.2, 0.25) is 0 Å². The van der Waals surface area contributed by atoms with Crippen molar-refractivity contribution >= 4 is 5.95 Å². The second-order valence-electron chi connectivity index (χ2n) is 5.43. The molecular weight excluding hydrogens is 246 g/mol. The van der Waals surface area contributed by atoms with Crippen molar-refractivity contribution in [2.24, 2.45) is 0 Å². The number of aromatic nitrogens is 2. The molecule has 0 aliphatic heterocycles. The molecule has 0 amide bonds. The number of nitrogens with one attached hydrogen (secondary N) is 1. The molecule has 2 aromatic rings. The van der Waals surface area contributed by atoms with Crippen molar-refractivity contribution in [3.05, 3.63) is 53.3 Å². The van der Waals surface area contributed by atoms with E-state index in [0.29, 0.717) is 5.92 Å². The Morgan fingerprint density at radius 2 is 1.85 bits per heavy atom. The van der Waals surface area contributed by atoms with Gasteiger partial charge in [0.2, 0.25) is 5.95 Å². The molecule has 1 aromatic heterocycles. The summed E-state index contributed by atoms with van der Waals surface area (Å²) in [4.78, 5) is 8.99. The van der Waals surface area contributed by atoms with Crippen LogP contribution in [0.25, 0.3) is 0 Å². The minimum atomic E-state index is 0.432. The molecule has 0 atom stereocenters. The van der Waals surface area contributed by atoms with Crippen molar-refractivity contribution < 1.29 is 0 Å². The highest BCUT2D eigenvalue weighted by Gasteiger charge is 2.05. The maximum Gasteiger partial charge on any atom is 0.223 e. The Morgan fingerprint density at radius 1 is 1.10 bits per heavy atom. The number of nitrogens with zero attached hydrogens (tertiary/aromatic N) is 2. The number of aryl methyl sites for hydroxylation is 2. The lowest BCUT2D eigenvalue weighted by atomic mass is 10.1. The highest BCUT2D eigenvalue weighted by molar-refractivity contribution is 5.29. The van der Waals surface area contributed by atoms with Gasteiger partial charge in [-0.3, -0.25) is 0 Å². The lowest BCUT2D eigenvalue weighted by molar-refractivity contribution is 0.800. The van der Waals surface area contributed by atoms with Gasteiger partial charge in [-0.15, -0.1) is 0 Å². The van der Waals surface area contributed by atoms with E-state index in [-0.39, 0.29) is 0 Å². The Balaban J connectivity index is 1.85. The number of hydrogen-bond acceptors (Lipinski definition) is 3. The quantitative estimate of drug-likeness (QED) is 0.807. The molecule has 1 N–H and O–H groups in total. The molecule has 0 fully saturated rings. The monoisotopic (exact) mass is 269 g/mol. The highest BCUT2D eigenvalue weighted by atomic mass is 15.1. The Bertz CT molecular complexity index is 535. The van der Waals surface area contributed by atoms with Crippen molar-refractivity contribution in [3.8, 4) is 0 Å². The molecule has 0 aliphatic carbocycles. The van der Waals surface area contributed by atoms with E-state index in [4.69, 9.17) is 0 Å². The maximum absolute atomic E-state index is 4.56. The van der Waals surface area contributed by atoms with Crippen LogP contribution in [-0.2, 0) is 6.42 Å². The fourth-order valence-corrected chi connectivity index (χ4v) is 2.11. The zero-order valence-electron chi connectivity index (χ0n) is 12.6. The van der Waals surface area contributed by atoms with Crippen molar-refractivity contribution in [2.45, 2.75) is 39.5 Å². The first-order chi connectivity index (χ1) is 9.65. The standard InChI is InChI=1S/C17H23N3/c1-13(2)16-12-14(3)19-17(20-16)18-11-7-10-15-8-5-4-6-9-15/h4-6,8-9,12-13H,7,10-11H2,1-3H3,(H,18,19,20). The molecule has 3 heteroatoms. The van der Waals surface area contributed by atoms with E-state index in [1.807, 2.05) is 6.92 Å². The largest absolute Gasteiger partial charge is 0.354 e. The van der Waals surface area contributed by atoms with Gasteiger partial charge in [0.25, 0.3) is 0 Å². The van der Waals surface area contributed by atoms with E-state index in [0.717, 1.165) is 36.7 Å². The van der Waals surface area contributed by atoms with Gasteiger partial charge >= 0.3 is 0 Å². The first-order valence-electron chi connectivity index (χ1n) is 7.28. The van der Waals surface area contributed by atoms with Crippen LogP contribution in [0.1, 0.15) is 43.1 Å². The van der Waals surface area contributed by atoms with Crippen LogP contribution in [0.15, 0.2) is 36.4 Å². The summed E-state index contributed by atoms with van der Waals surface area (Å²) in [7, 11) is 0. The second-order valence-corrected chi connectivity index (χ2v) is 5.43. The van der Waals surface area contributed by atoms with E-state index in [9.17, 15) is 0 Å². The summed E-state index contributed by atoms with van der Waals surface area (Å²) in [5.41, 5.74) is 3.50. The van der Waals surface area contributed by atoms with Crippen LogP contribution < -0.4 is 5.32 Å². The summed E-state index contributed by atoms with van der Waals surface area (Å²) < 4.78 is 0. The van der Waals surface area contributed by atoms with Crippen LogP contribution >= 0.6 is 0 Å². The van der Waals surface area contributed by atoms with Gasteiger partial charge in [-0.2, -0.15) is 0 Å². The fraction of sp³-hybridized carbons (Fsp3) is 0.412. The molecule has 1 heterocycles. The minimum Gasteiger partial charge on any atom is -0.354 e. The summed E-state index contributed by atoms with van der Waals surface area (Å²) in [6.07, 6.45) is 2.16. The molecule has 0 spiro atoms. The Labute approximate surface area is 121 Å². The molecule has 20 heavy (non-hydrogen) atoms. The van der Waals surface area contributed by atoms with Gasteiger partial charge in [-0.1, -0.05) is 44.2 Å². The van der Waals surface area contributed by atoms with E-state index in [1.54, 1.807) is 0 Å². The fourth-order valence-electron chi connectivity index (χ4n) is 2.11. The van der Waals surface area contributed by atoms with Gasteiger partial charge in [0.15, 0.2) is 0 Å². The Kier molecular flexibility index (Phi) is 5.10. The molecule has 0 saturated heterocycles. The topological polar surface area (TPSA) is 37.8 Å². The zero-order valence-corrected chi connectivity index (χ0v) is 12.6. The number of benzene rings is 1. The predicted octanol–water partition coefficient (Wildman–Crippen LogP) is 3.95. The second kappa shape index (κ2) is 7.04. The SMILES string of the molecule is Cc1cc(C(C)C)nc(NCCCc2ccccc2)n1. The van der Waals surface area contributed by atoms with Crippen molar-refractivity contribution in [3.63, 3.8) is 0 Å².